The van der Waals surface area contributed by atoms with Crippen LogP contribution in [-0.4, -0.2) is 17.6 Å². The highest BCUT2D eigenvalue weighted by Gasteiger charge is 2.60. The maximum Gasteiger partial charge on any atom is 0.224 e. The molecule has 0 spiro atoms. The number of carbonyl (C=O) groups excluding carboxylic acids is 1. The summed E-state index contributed by atoms with van der Waals surface area (Å²) in [7, 11) is 0. The van der Waals surface area contributed by atoms with E-state index in [1.165, 1.54) is 5.57 Å². The van der Waals surface area contributed by atoms with Gasteiger partial charge in [-0.05, 0) is 49.3 Å². The van der Waals surface area contributed by atoms with Crippen LogP contribution in [0, 0.1) is 17.3 Å². The molecular weight excluding hydrogens is 262 g/mol. The predicted molar refractivity (Wildman–Crippen MR) is 85.0 cm³/mol. The molecule has 0 aliphatic heterocycles. The van der Waals surface area contributed by atoms with Gasteiger partial charge in [0.1, 0.15) is 5.75 Å². The van der Waals surface area contributed by atoms with E-state index in [1.807, 2.05) is 12.1 Å². The minimum absolute atomic E-state index is 0.0693. The Labute approximate surface area is 127 Å². The summed E-state index contributed by atoms with van der Waals surface area (Å²) < 4.78 is 0. The average Bonchev–Trinajstić information content (AvgIpc) is 2.92. The molecule has 1 aliphatic rings. The first kappa shape index (κ1) is 15.6. The normalized spacial score (nSPS) is 22.5. The van der Waals surface area contributed by atoms with Gasteiger partial charge in [-0.1, -0.05) is 37.6 Å². The largest absolute Gasteiger partial charge is 0.508 e. The quantitative estimate of drug-likeness (QED) is 0.816. The molecule has 2 rings (SSSR count). The molecule has 1 aromatic rings. The van der Waals surface area contributed by atoms with Gasteiger partial charge in [-0.15, -0.1) is 0 Å². The Morgan fingerprint density at radius 2 is 1.90 bits per heavy atom. The van der Waals surface area contributed by atoms with Crippen LogP contribution in [0.15, 0.2) is 35.9 Å². The molecule has 0 radical (unpaired) electrons. The smallest absolute Gasteiger partial charge is 0.224 e. The first-order valence-corrected chi connectivity index (χ1v) is 7.53. The highest BCUT2D eigenvalue weighted by Crippen LogP contribution is 2.59. The molecule has 1 aromatic carbocycles. The molecule has 0 heterocycles. The number of allylic oxidation sites excluding steroid dienone is 2. The summed E-state index contributed by atoms with van der Waals surface area (Å²) in [6.07, 6.45) is 3.00. The van der Waals surface area contributed by atoms with Gasteiger partial charge in [0.05, 0.1) is 5.92 Å². The third kappa shape index (κ3) is 3.66. The number of rotatable bonds is 5. The van der Waals surface area contributed by atoms with Crippen molar-refractivity contribution in [1.29, 1.82) is 0 Å². The SMILES string of the molecule is CC(C)=C[C@H]1[C@H](C(=O)NCCc2ccc(O)cc2)C1(C)C. The van der Waals surface area contributed by atoms with Gasteiger partial charge in [0.2, 0.25) is 5.91 Å². The standard InChI is InChI=1S/C18H25NO2/c1-12(2)11-15-16(18(15,3)4)17(21)19-10-9-13-5-7-14(20)8-6-13/h5-8,11,15-16,20H,9-10H2,1-4H3,(H,19,21)/t15-,16+/m0/s1. The number of phenols is 1. The number of aromatic hydroxyl groups is 1. The molecule has 1 saturated carbocycles. The van der Waals surface area contributed by atoms with Gasteiger partial charge >= 0.3 is 0 Å². The zero-order valence-electron chi connectivity index (χ0n) is 13.3. The summed E-state index contributed by atoms with van der Waals surface area (Å²) in [4.78, 5) is 12.3. The second kappa shape index (κ2) is 5.92. The average molecular weight is 287 g/mol. The Balaban J connectivity index is 1.83. The summed E-state index contributed by atoms with van der Waals surface area (Å²) in [6.45, 7) is 9.10. The topological polar surface area (TPSA) is 49.3 Å². The van der Waals surface area contributed by atoms with Crippen molar-refractivity contribution >= 4 is 5.91 Å². The lowest BCUT2D eigenvalue weighted by molar-refractivity contribution is -0.123. The number of hydrogen-bond acceptors (Lipinski definition) is 2. The van der Waals surface area contributed by atoms with Gasteiger partial charge in [0.15, 0.2) is 0 Å². The van der Waals surface area contributed by atoms with Crippen molar-refractivity contribution < 1.29 is 9.90 Å². The maximum absolute atomic E-state index is 12.3. The van der Waals surface area contributed by atoms with Gasteiger partial charge in [-0.3, -0.25) is 4.79 Å². The molecule has 0 unspecified atom stereocenters. The molecule has 0 saturated heterocycles. The first-order chi connectivity index (χ1) is 9.82. The van der Waals surface area contributed by atoms with E-state index in [0.717, 1.165) is 12.0 Å². The van der Waals surface area contributed by atoms with Crippen molar-refractivity contribution in [2.24, 2.45) is 17.3 Å². The van der Waals surface area contributed by atoms with Crippen LogP contribution >= 0.6 is 0 Å². The molecule has 0 aromatic heterocycles. The van der Waals surface area contributed by atoms with Gasteiger partial charge in [-0.2, -0.15) is 0 Å². The Bertz CT molecular complexity index is 539. The van der Waals surface area contributed by atoms with E-state index in [4.69, 9.17) is 0 Å². The summed E-state index contributed by atoms with van der Waals surface area (Å²) >= 11 is 0. The Morgan fingerprint density at radius 3 is 2.48 bits per heavy atom. The third-order valence-electron chi connectivity index (χ3n) is 4.36. The molecule has 114 valence electrons. The minimum Gasteiger partial charge on any atom is -0.508 e. The van der Waals surface area contributed by atoms with E-state index in [1.54, 1.807) is 12.1 Å². The van der Waals surface area contributed by atoms with Crippen LogP contribution in [0.2, 0.25) is 0 Å². The van der Waals surface area contributed by atoms with Crippen LogP contribution in [-0.2, 0) is 11.2 Å². The van der Waals surface area contributed by atoms with Crippen LogP contribution < -0.4 is 5.32 Å². The van der Waals surface area contributed by atoms with Gasteiger partial charge in [0, 0.05) is 6.54 Å². The number of benzene rings is 1. The molecule has 3 nitrogen and oxygen atoms in total. The molecule has 1 amide bonds. The lowest BCUT2D eigenvalue weighted by Gasteiger charge is -2.06. The fourth-order valence-corrected chi connectivity index (χ4v) is 2.95. The second-order valence-corrected chi connectivity index (χ2v) is 6.78. The summed E-state index contributed by atoms with van der Waals surface area (Å²) in [5.41, 5.74) is 2.45. The van der Waals surface area contributed by atoms with Crippen LogP contribution in [0.5, 0.6) is 5.75 Å². The Hall–Kier alpha value is -1.77. The van der Waals surface area contributed by atoms with Crippen LogP contribution in [0.25, 0.3) is 0 Å². The highest BCUT2D eigenvalue weighted by molar-refractivity contribution is 5.83. The summed E-state index contributed by atoms with van der Waals surface area (Å²) in [5.74, 6) is 0.872. The van der Waals surface area contributed by atoms with Crippen molar-refractivity contribution in [1.82, 2.24) is 5.32 Å². The zero-order valence-corrected chi connectivity index (χ0v) is 13.3. The van der Waals surface area contributed by atoms with Crippen LogP contribution in [0.4, 0.5) is 0 Å². The zero-order chi connectivity index (χ0) is 15.6. The van der Waals surface area contributed by atoms with E-state index in [2.05, 4.69) is 39.1 Å². The number of carbonyl (C=O) groups is 1. The predicted octanol–water partition coefficient (Wildman–Crippen LogP) is 3.29. The molecular formula is C18H25NO2. The Kier molecular flexibility index (Phi) is 4.40. The van der Waals surface area contributed by atoms with E-state index in [-0.39, 0.29) is 23.0 Å². The fourth-order valence-electron chi connectivity index (χ4n) is 2.95. The number of phenolic OH excluding ortho intramolecular Hbond substituents is 1. The molecule has 3 heteroatoms. The minimum atomic E-state index is 0.0693. The van der Waals surface area contributed by atoms with Gasteiger partial charge in [0.25, 0.3) is 0 Å². The summed E-state index contributed by atoms with van der Waals surface area (Å²) in [5, 5.41) is 12.3. The molecule has 1 fully saturated rings. The second-order valence-electron chi connectivity index (χ2n) is 6.78. The van der Waals surface area contributed by atoms with Crippen molar-refractivity contribution in [3.8, 4) is 5.75 Å². The van der Waals surface area contributed by atoms with Crippen molar-refractivity contribution in [2.75, 3.05) is 6.54 Å². The highest BCUT2D eigenvalue weighted by atomic mass is 16.3. The van der Waals surface area contributed by atoms with Crippen LogP contribution in [0.3, 0.4) is 0 Å². The van der Waals surface area contributed by atoms with Crippen molar-refractivity contribution in [2.45, 2.75) is 34.1 Å². The van der Waals surface area contributed by atoms with E-state index < -0.39 is 0 Å². The first-order valence-electron chi connectivity index (χ1n) is 7.53. The van der Waals surface area contributed by atoms with Gasteiger partial charge < -0.3 is 10.4 Å². The third-order valence-corrected chi connectivity index (χ3v) is 4.36. The lowest BCUT2D eigenvalue weighted by atomic mass is 10.1. The van der Waals surface area contributed by atoms with Crippen LogP contribution in [0.1, 0.15) is 33.3 Å². The molecule has 2 N–H and O–H groups in total. The van der Waals surface area contributed by atoms with Gasteiger partial charge in [-0.25, -0.2) is 0 Å². The molecule has 2 atom stereocenters. The number of nitrogens with one attached hydrogen (secondary N) is 1. The number of hydrogen-bond donors (Lipinski definition) is 2. The van der Waals surface area contributed by atoms with E-state index >= 15 is 0 Å². The molecule has 21 heavy (non-hydrogen) atoms. The number of amides is 1. The lowest BCUT2D eigenvalue weighted by Crippen LogP contribution is -2.28. The van der Waals surface area contributed by atoms with E-state index in [0.29, 0.717) is 12.5 Å². The van der Waals surface area contributed by atoms with E-state index in [9.17, 15) is 9.90 Å². The fraction of sp³-hybridized carbons (Fsp3) is 0.500. The van der Waals surface area contributed by atoms with Crippen molar-refractivity contribution in [3.05, 3.63) is 41.5 Å². The van der Waals surface area contributed by atoms with Crippen molar-refractivity contribution in [3.63, 3.8) is 0 Å². The maximum atomic E-state index is 12.3. The summed E-state index contributed by atoms with van der Waals surface area (Å²) in [6, 6.07) is 7.11. The Morgan fingerprint density at radius 1 is 1.29 bits per heavy atom. The molecule has 0 bridgehead atoms. The monoisotopic (exact) mass is 287 g/mol. The molecule has 1 aliphatic carbocycles.